The number of rotatable bonds is 3. The quantitative estimate of drug-likeness (QED) is 0.697. The summed E-state index contributed by atoms with van der Waals surface area (Å²) in [5.41, 5.74) is 3.33. The predicted molar refractivity (Wildman–Crippen MR) is 86.3 cm³/mol. The van der Waals surface area contributed by atoms with Crippen LogP contribution in [0.5, 0.6) is 5.75 Å². The summed E-state index contributed by atoms with van der Waals surface area (Å²) in [6.45, 7) is 0. The van der Waals surface area contributed by atoms with Gasteiger partial charge in [-0.05, 0) is 24.3 Å². The molecule has 0 heterocycles. The normalized spacial score (nSPS) is 11.3. The third-order valence-electron chi connectivity index (χ3n) is 3.20. The first-order valence-electron chi connectivity index (χ1n) is 6.82. The van der Waals surface area contributed by atoms with Crippen LogP contribution in [-0.2, 0) is 0 Å². The second-order valence-corrected chi connectivity index (χ2v) is 4.68. The maximum atomic E-state index is 10.1. The number of aromatic hydroxyl groups is 1. The highest BCUT2D eigenvalue weighted by Crippen LogP contribution is 2.23. The summed E-state index contributed by atoms with van der Waals surface area (Å²) >= 11 is 0. The van der Waals surface area contributed by atoms with Gasteiger partial charge in [0.25, 0.3) is 0 Å². The summed E-state index contributed by atoms with van der Waals surface area (Å²) in [5, 5.41) is 10.1. The van der Waals surface area contributed by atoms with Gasteiger partial charge in [0.05, 0.1) is 11.4 Å². The van der Waals surface area contributed by atoms with Crippen LogP contribution in [-0.4, -0.2) is 10.8 Å². The Kier molecular flexibility index (Phi) is 3.79. The standard InChI is InChI=1S/C19H15NO/c21-18-14-8-7-13-17(18)19(15-9-3-1-4-10-15)20-16-11-5-2-6-12-16/h1-14,21H. The van der Waals surface area contributed by atoms with E-state index in [1.54, 1.807) is 6.07 Å². The molecule has 2 heteroatoms. The lowest BCUT2D eigenvalue weighted by molar-refractivity contribution is 0.474. The summed E-state index contributed by atoms with van der Waals surface area (Å²) in [6, 6.07) is 26.9. The lowest BCUT2D eigenvalue weighted by atomic mass is 10.0. The van der Waals surface area contributed by atoms with Crippen molar-refractivity contribution in [2.24, 2.45) is 4.99 Å². The summed E-state index contributed by atoms with van der Waals surface area (Å²) in [4.78, 5) is 4.72. The fourth-order valence-electron chi connectivity index (χ4n) is 2.18. The molecule has 0 atom stereocenters. The molecular weight excluding hydrogens is 258 g/mol. The first kappa shape index (κ1) is 13.1. The van der Waals surface area contributed by atoms with E-state index >= 15 is 0 Å². The zero-order chi connectivity index (χ0) is 14.5. The maximum Gasteiger partial charge on any atom is 0.124 e. The van der Waals surface area contributed by atoms with Crippen LogP contribution in [0.4, 0.5) is 5.69 Å². The summed E-state index contributed by atoms with van der Waals surface area (Å²) in [6.07, 6.45) is 0. The van der Waals surface area contributed by atoms with Crippen molar-refractivity contribution in [2.75, 3.05) is 0 Å². The Morgan fingerprint density at radius 3 is 1.90 bits per heavy atom. The number of benzene rings is 3. The van der Waals surface area contributed by atoms with Gasteiger partial charge in [0.2, 0.25) is 0 Å². The van der Waals surface area contributed by atoms with Crippen molar-refractivity contribution in [1.82, 2.24) is 0 Å². The largest absolute Gasteiger partial charge is 0.507 e. The average Bonchev–Trinajstić information content (AvgIpc) is 2.55. The van der Waals surface area contributed by atoms with Crippen LogP contribution < -0.4 is 0 Å². The zero-order valence-electron chi connectivity index (χ0n) is 11.5. The number of hydrogen-bond donors (Lipinski definition) is 1. The molecule has 102 valence electrons. The van der Waals surface area contributed by atoms with E-state index in [-0.39, 0.29) is 5.75 Å². The molecule has 1 N–H and O–H groups in total. The molecule has 3 rings (SSSR count). The Morgan fingerprint density at radius 1 is 0.667 bits per heavy atom. The predicted octanol–water partition coefficient (Wildman–Crippen LogP) is 4.56. The monoisotopic (exact) mass is 273 g/mol. The molecule has 0 aliphatic rings. The molecule has 0 amide bonds. The summed E-state index contributed by atoms with van der Waals surface area (Å²) < 4.78 is 0. The van der Waals surface area contributed by atoms with Gasteiger partial charge >= 0.3 is 0 Å². The number of phenols is 1. The molecule has 0 fully saturated rings. The molecule has 2 nitrogen and oxygen atoms in total. The van der Waals surface area contributed by atoms with Crippen LogP contribution in [0, 0.1) is 0 Å². The number of nitrogens with zero attached hydrogens (tertiary/aromatic N) is 1. The molecule has 3 aromatic carbocycles. The van der Waals surface area contributed by atoms with Crippen molar-refractivity contribution in [3.63, 3.8) is 0 Å². The van der Waals surface area contributed by atoms with E-state index in [0.29, 0.717) is 0 Å². The first-order chi connectivity index (χ1) is 10.3. The molecule has 0 saturated heterocycles. The SMILES string of the molecule is Oc1ccccc1C(=Nc1ccccc1)c1ccccc1. The van der Waals surface area contributed by atoms with Crippen molar-refractivity contribution < 1.29 is 5.11 Å². The van der Waals surface area contributed by atoms with E-state index < -0.39 is 0 Å². The van der Waals surface area contributed by atoms with Gasteiger partial charge in [-0.3, -0.25) is 0 Å². The van der Waals surface area contributed by atoms with E-state index in [1.165, 1.54) is 0 Å². The van der Waals surface area contributed by atoms with Crippen LogP contribution in [0.15, 0.2) is 89.9 Å². The minimum Gasteiger partial charge on any atom is -0.507 e. The number of hydrogen-bond acceptors (Lipinski definition) is 2. The fraction of sp³-hybridized carbons (Fsp3) is 0. The molecule has 0 unspecified atom stereocenters. The Balaban J connectivity index is 2.17. The molecule has 0 saturated carbocycles. The van der Waals surface area contributed by atoms with Gasteiger partial charge in [0.15, 0.2) is 0 Å². The lowest BCUT2D eigenvalue weighted by Gasteiger charge is -2.09. The molecule has 0 radical (unpaired) electrons. The minimum absolute atomic E-state index is 0.232. The summed E-state index contributed by atoms with van der Waals surface area (Å²) in [7, 11) is 0. The Bertz CT molecular complexity index is 749. The van der Waals surface area contributed by atoms with E-state index in [2.05, 4.69) is 0 Å². The highest BCUT2D eigenvalue weighted by atomic mass is 16.3. The van der Waals surface area contributed by atoms with Gasteiger partial charge in [-0.2, -0.15) is 0 Å². The Labute approximate surface area is 124 Å². The van der Waals surface area contributed by atoms with Crippen molar-refractivity contribution >= 4 is 11.4 Å². The van der Waals surface area contributed by atoms with E-state index in [0.717, 1.165) is 22.5 Å². The van der Waals surface area contributed by atoms with Gasteiger partial charge in [-0.25, -0.2) is 4.99 Å². The first-order valence-corrected chi connectivity index (χ1v) is 6.82. The van der Waals surface area contributed by atoms with Gasteiger partial charge in [-0.15, -0.1) is 0 Å². The molecule has 21 heavy (non-hydrogen) atoms. The Hall–Kier alpha value is -2.87. The van der Waals surface area contributed by atoms with Crippen LogP contribution in [0.25, 0.3) is 0 Å². The number of para-hydroxylation sites is 2. The summed E-state index contributed by atoms with van der Waals surface area (Å²) in [5.74, 6) is 0.232. The highest BCUT2D eigenvalue weighted by molar-refractivity contribution is 6.15. The van der Waals surface area contributed by atoms with Crippen LogP contribution >= 0.6 is 0 Å². The van der Waals surface area contributed by atoms with E-state index in [9.17, 15) is 5.11 Å². The minimum atomic E-state index is 0.232. The fourth-order valence-corrected chi connectivity index (χ4v) is 2.18. The molecule has 0 bridgehead atoms. The third kappa shape index (κ3) is 3.00. The van der Waals surface area contributed by atoms with Crippen molar-refractivity contribution in [3.05, 3.63) is 96.1 Å². The highest BCUT2D eigenvalue weighted by Gasteiger charge is 2.10. The van der Waals surface area contributed by atoms with Gasteiger partial charge in [0.1, 0.15) is 5.75 Å². The molecule has 0 aromatic heterocycles. The van der Waals surface area contributed by atoms with Crippen molar-refractivity contribution in [3.8, 4) is 5.75 Å². The van der Waals surface area contributed by atoms with E-state index in [1.807, 2.05) is 78.9 Å². The molecular formula is C19H15NO. The molecule has 0 aliphatic carbocycles. The lowest BCUT2D eigenvalue weighted by Crippen LogP contribution is -2.03. The average molecular weight is 273 g/mol. The number of aliphatic imine (C=N–C) groups is 1. The zero-order valence-corrected chi connectivity index (χ0v) is 11.5. The molecule has 3 aromatic rings. The second-order valence-electron chi connectivity index (χ2n) is 4.68. The maximum absolute atomic E-state index is 10.1. The van der Waals surface area contributed by atoms with Crippen LogP contribution in [0.1, 0.15) is 11.1 Å². The smallest absolute Gasteiger partial charge is 0.124 e. The van der Waals surface area contributed by atoms with Crippen LogP contribution in [0.3, 0.4) is 0 Å². The van der Waals surface area contributed by atoms with Crippen molar-refractivity contribution in [1.29, 1.82) is 0 Å². The molecule has 0 aliphatic heterocycles. The second kappa shape index (κ2) is 6.06. The van der Waals surface area contributed by atoms with Gasteiger partial charge < -0.3 is 5.11 Å². The Morgan fingerprint density at radius 2 is 1.24 bits per heavy atom. The van der Waals surface area contributed by atoms with E-state index in [4.69, 9.17) is 4.99 Å². The van der Waals surface area contributed by atoms with Crippen molar-refractivity contribution in [2.45, 2.75) is 0 Å². The van der Waals surface area contributed by atoms with Gasteiger partial charge in [0, 0.05) is 11.1 Å². The number of phenolic OH excluding ortho intramolecular Hbond substituents is 1. The third-order valence-corrected chi connectivity index (χ3v) is 3.20. The molecule has 0 spiro atoms. The van der Waals surface area contributed by atoms with Crippen LogP contribution in [0.2, 0.25) is 0 Å². The van der Waals surface area contributed by atoms with Gasteiger partial charge in [-0.1, -0.05) is 60.7 Å². The topological polar surface area (TPSA) is 32.6 Å².